The van der Waals surface area contributed by atoms with Crippen LogP contribution in [0.25, 0.3) is 0 Å². The number of rotatable bonds is 0. The third-order valence-electron chi connectivity index (χ3n) is 2.51. The van der Waals surface area contributed by atoms with Crippen molar-refractivity contribution in [1.29, 1.82) is 0 Å². The molecule has 1 aliphatic rings. The molecule has 0 aromatic heterocycles. The van der Waals surface area contributed by atoms with Gasteiger partial charge in [-0.15, -0.1) is 0 Å². The van der Waals surface area contributed by atoms with Gasteiger partial charge in [-0.1, -0.05) is 20.8 Å². The van der Waals surface area contributed by atoms with E-state index in [0.717, 1.165) is 0 Å². The summed E-state index contributed by atoms with van der Waals surface area (Å²) in [5.41, 5.74) is -0.660. The smallest absolute Gasteiger partial charge is 0.412 e. The number of amides is 1. The summed E-state index contributed by atoms with van der Waals surface area (Å²) in [7, 11) is 1.57. The molecule has 0 N–H and O–H groups in total. The first kappa shape index (κ1) is 14.8. The fourth-order valence-corrected chi connectivity index (χ4v) is 1.74. The van der Waals surface area contributed by atoms with Crippen LogP contribution in [0.15, 0.2) is 4.99 Å². The minimum atomic E-state index is -0.505. The molecule has 0 unspecified atom stereocenters. The van der Waals surface area contributed by atoms with Gasteiger partial charge in [0.1, 0.15) is 18.3 Å². The Morgan fingerprint density at radius 1 is 1.28 bits per heavy atom. The van der Waals surface area contributed by atoms with E-state index in [4.69, 9.17) is 9.47 Å². The van der Waals surface area contributed by atoms with Gasteiger partial charge in [-0.3, -0.25) is 4.90 Å². The van der Waals surface area contributed by atoms with Crippen molar-refractivity contribution in [2.75, 3.05) is 13.7 Å². The summed E-state index contributed by atoms with van der Waals surface area (Å²) in [6.45, 7) is 12.0. The van der Waals surface area contributed by atoms with Crippen LogP contribution in [0, 0.1) is 5.41 Å². The lowest BCUT2D eigenvalue weighted by atomic mass is 9.92. The maximum absolute atomic E-state index is 12.2. The molecule has 1 aliphatic heterocycles. The van der Waals surface area contributed by atoms with Crippen LogP contribution in [0.1, 0.15) is 41.5 Å². The van der Waals surface area contributed by atoms with Crippen LogP contribution in [-0.2, 0) is 9.47 Å². The minimum Gasteiger partial charge on any atom is -0.483 e. The third kappa shape index (κ3) is 3.62. The van der Waals surface area contributed by atoms with E-state index < -0.39 is 5.60 Å². The van der Waals surface area contributed by atoms with Gasteiger partial charge in [0.05, 0.1) is 7.11 Å². The number of nitrogens with zero attached hydrogens (tertiary/aromatic N) is 2. The average molecular weight is 256 g/mol. The van der Waals surface area contributed by atoms with E-state index in [9.17, 15) is 4.79 Å². The highest BCUT2D eigenvalue weighted by atomic mass is 16.6. The number of carbonyl (C=O) groups excluding carboxylic acids is 1. The second kappa shape index (κ2) is 4.78. The molecular formula is C13H24N2O3. The summed E-state index contributed by atoms with van der Waals surface area (Å²) < 4.78 is 10.5. The Morgan fingerprint density at radius 3 is 2.22 bits per heavy atom. The van der Waals surface area contributed by atoms with Gasteiger partial charge < -0.3 is 9.47 Å². The Morgan fingerprint density at radius 2 is 1.83 bits per heavy atom. The molecule has 0 saturated carbocycles. The minimum absolute atomic E-state index is 0.156. The molecule has 0 aromatic rings. The predicted octanol–water partition coefficient (Wildman–Crippen LogP) is 2.65. The lowest BCUT2D eigenvalue weighted by Gasteiger charge is -2.33. The molecule has 5 nitrogen and oxygen atoms in total. The number of methoxy groups -OCH3 is 1. The number of aliphatic imine (C=N–C) groups is 1. The lowest BCUT2D eigenvalue weighted by molar-refractivity contribution is 0.0114. The molecule has 0 spiro atoms. The summed E-state index contributed by atoms with van der Waals surface area (Å²) in [5, 5.41) is 0. The van der Waals surface area contributed by atoms with Crippen molar-refractivity contribution in [3.05, 3.63) is 0 Å². The highest BCUT2D eigenvalue weighted by Gasteiger charge is 2.40. The van der Waals surface area contributed by atoms with Crippen LogP contribution in [0.3, 0.4) is 0 Å². The zero-order valence-electron chi connectivity index (χ0n) is 12.4. The molecular weight excluding hydrogens is 232 g/mol. The monoisotopic (exact) mass is 256 g/mol. The summed E-state index contributed by atoms with van der Waals surface area (Å²) in [6.07, 6.45) is -0.597. The Balaban J connectivity index is 2.86. The van der Waals surface area contributed by atoms with Crippen molar-refractivity contribution >= 4 is 12.0 Å². The largest absolute Gasteiger partial charge is 0.483 e. The van der Waals surface area contributed by atoms with Crippen molar-refractivity contribution in [2.24, 2.45) is 10.4 Å². The molecule has 0 fully saturated rings. The maximum atomic E-state index is 12.2. The number of carbonyl (C=O) groups is 1. The highest BCUT2D eigenvalue weighted by molar-refractivity contribution is 5.85. The molecule has 1 heterocycles. The number of hydrogen-bond acceptors (Lipinski definition) is 4. The van der Waals surface area contributed by atoms with Crippen LogP contribution < -0.4 is 0 Å². The number of hydrogen-bond donors (Lipinski definition) is 0. The van der Waals surface area contributed by atoms with Crippen LogP contribution in [0.5, 0.6) is 0 Å². The highest BCUT2D eigenvalue weighted by Crippen LogP contribution is 2.30. The first-order chi connectivity index (χ1) is 8.04. The van der Waals surface area contributed by atoms with E-state index in [1.54, 1.807) is 12.0 Å². The van der Waals surface area contributed by atoms with Crippen molar-refractivity contribution in [2.45, 2.75) is 53.3 Å². The third-order valence-corrected chi connectivity index (χ3v) is 2.51. The van der Waals surface area contributed by atoms with E-state index in [1.165, 1.54) is 0 Å². The van der Waals surface area contributed by atoms with E-state index in [-0.39, 0.29) is 17.7 Å². The second-order valence-electron chi connectivity index (χ2n) is 6.57. The summed E-state index contributed by atoms with van der Waals surface area (Å²) >= 11 is 0. The molecule has 5 heteroatoms. The first-order valence-electron chi connectivity index (χ1n) is 6.15. The van der Waals surface area contributed by atoms with E-state index in [1.807, 2.05) is 41.5 Å². The Hall–Kier alpha value is -1.26. The van der Waals surface area contributed by atoms with Gasteiger partial charge in [0.2, 0.25) is 5.90 Å². The van der Waals surface area contributed by atoms with Gasteiger partial charge in [-0.25, -0.2) is 9.79 Å². The normalized spacial score (nSPS) is 20.7. The molecule has 0 aliphatic carbocycles. The average Bonchev–Trinajstić information content (AvgIpc) is 2.57. The quantitative estimate of drug-likeness (QED) is 0.669. The Labute approximate surface area is 109 Å². The summed E-state index contributed by atoms with van der Waals surface area (Å²) in [4.78, 5) is 18.2. The SMILES string of the molecule is COC1=N[C@H](C(C)(C)C)N(C(=O)OC(C)(C)C)C1. The van der Waals surface area contributed by atoms with Crippen LogP contribution >= 0.6 is 0 Å². The fraction of sp³-hybridized carbons (Fsp3) is 0.846. The van der Waals surface area contributed by atoms with Gasteiger partial charge in [-0.2, -0.15) is 0 Å². The molecule has 1 rings (SSSR count). The van der Waals surface area contributed by atoms with Gasteiger partial charge in [0, 0.05) is 5.41 Å². The molecule has 0 bridgehead atoms. The van der Waals surface area contributed by atoms with E-state index in [0.29, 0.717) is 12.4 Å². The maximum Gasteiger partial charge on any atom is 0.412 e. The molecule has 0 saturated heterocycles. The molecule has 1 amide bonds. The molecule has 0 radical (unpaired) electrons. The molecule has 1 atom stereocenters. The lowest BCUT2D eigenvalue weighted by Crippen LogP contribution is -2.46. The summed E-state index contributed by atoms with van der Waals surface area (Å²) in [5.74, 6) is 0.570. The fourth-order valence-electron chi connectivity index (χ4n) is 1.74. The van der Waals surface area contributed by atoms with Crippen molar-refractivity contribution in [3.8, 4) is 0 Å². The van der Waals surface area contributed by atoms with Gasteiger partial charge in [0.25, 0.3) is 0 Å². The molecule has 0 aromatic carbocycles. The van der Waals surface area contributed by atoms with Crippen LogP contribution in [0.2, 0.25) is 0 Å². The van der Waals surface area contributed by atoms with E-state index in [2.05, 4.69) is 4.99 Å². The van der Waals surface area contributed by atoms with Gasteiger partial charge >= 0.3 is 6.09 Å². The summed E-state index contributed by atoms with van der Waals surface area (Å²) in [6, 6.07) is 0. The zero-order chi connectivity index (χ0) is 14.1. The Kier molecular flexibility index (Phi) is 3.93. The van der Waals surface area contributed by atoms with Gasteiger partial charge in [-0.05, 0) is 20.8 Å². The van der Waals surface area contributed by atoms with Crippen LogP contribution in [0.4, 0.5) is 4.79 Å². The molecule has 18 heavy (non-hydrogen) atoms. The second-order valence-corrected chi connectivity index (χ2v) is 6.57. The Bertz CT molecular complexity index is 350. The van der Waals surface area contributed by atoms with Crippen molar-refractivity contribution in [3.63, 3.8) is 0 Å². The van der Waals surface area contributed by atoms with E-state index >= 15 is 0 Å². The zero-order valence-corrected chi connectivity index (χ0v) is 12.4. The first-order valence-corrected chi connectivity index (χ1v) is 6.15. The van der Waals surface area contributed by atoms with Crippen molar-refractivity contribution in [1.82, 2.24) is 4.90 Å². The van der Waals surface area contributed by atoms with Gasteiger partial charge in [0.15, 0.2) is 0 Å². The number of ether oxygens (including phenoxy) is 2. The topological polar surface area (TPSA) is 51.1 Å². The van der Waals surface area contributed by atoms with Crippen LogP contribution in [-0.4, -0.2) is 42.3 Å². The molecule has 104 valence electrons. The standard InChI is InChI=1S/C13H24N2O3/c1-12(2,3)10-14-9(17-7)8-15(10)11(16)18-13(4,5)6/h10H,8H2,1-7H3/t10-/m0/s1. The predicted molar refractivity (Wildman–Crippen MR) is 70.6 cm³/mol. The van der Waals surface area contributed by atoms with Crippen molar-refractivity contribution < 1.29 is 14.3 Å².